The molecule has 0 saturated carbocycles. The van der Waals surface area contributed by atoms with Crippen LogP contribution in [-0.2, 0) is 5.75 Å². The summed E-state index contributed by atoms with van der Waals surface area (Å²) in [6, 6.07) is 9.87. The van der Waals surface area contributed by atoms with Gasteiger partial charge in [-0.2, -0.15) is 0 Å². The van der Waals surface area contributed by atoms with Crippen LogP contribution in [0.5, 0.6) is 0 Å². The number of thioether (sulfide) groups is 1. The molecule has 0 aliphatic carbocycles. The average Bonchev–Trinajstić information content (AvgIpc) is 3.07. The first kappa shape index (κ1) is 13.1. The van der Waals surface area contributed by atoms with Crippen LogP contribution in [-0.4, -0.2) is 20.4 Å². The number of nitrogens with one attached hydrogen (secondary N) is 1. The minimum Gasteiger partial charge on any atom is -0.425 e. The van der Waals surface area contributed by atoms with Crippen molar-refractivity contribution in [2.24, 2.45) is 0 Å². The van der Waals surface area contributed by atoms with Crippen molar-refractivity contribution < 1.29 is 4.42 Å². The van der Waals surface area contributed by atoms with Gasteiger partial charge in [0.1, 0.15) is 0 Å². The van der Waals surface area contributed by atoms with E-state index in [1.807, 2.05) is 30.3 Å². The van der Waals surface area contributed by atoms with E-state index >= 15 is 0 Å². The van der Waals surface area contributed by atoms with Crippen LogP contribution in [0.3, 0.4) is 0 Å². The maximum absolute atomic E-state index is 5.31. The maximum atomic E-state index is 5.31. The van der Waals surface area contributed by atoms with Crippen molar-refractivity contribution in [3.8, 4) is 0 Å². The fourth-order valence-corrected chi connectivity index (χ4v) is 3.09. The predicted octanol–water partition coefficient (Wildman–Crippen LogP) is 3.27. The zero-order chi connectivity index (χ0) is 13.8. The Morgan fingerprint density at radius 2 is 2.00 bits per heavy atom. The lowest BCUT2D eigenvalue weighted by molar-refractivity contribution is 0.485. The van der Waals surface area contributed by atoms with Crippen LogP contribution in [0, 0.1) is 6.92 Å². The highest BCUT2D eigenvalue weighted by Gasteiger charge is 2.08. The number of rotatable bonds is 5. The zero-order valence-corrected chi connectivity index (χ0v) is 12.2. The molecule has 20 heavy (non-hydrogen) atoms. The van der Waals surface area contributed by atoms with E-state index in [0.717, 1.165) is 15.2 Å². The molecule has 0 saturated heterocycles. The molecule has 0 unspecified atom stereocenters. The van der Waals surface area contributed by atoms with E-state index in [-0.39, 0.29) is 0 Å². The van der Waals surface area contributed by atoms with Crippen LogP contribution in [0.25, 0.3) is 0 Å². The fourth-order valence-electron chi connectivity index (χ4n) is 1.48. The smallest absolute Gasteiger partial charge is 0.226 e. The van der Waals surface area contributed by atoms with Gasteiger partial charge in [0, 0.05) is 12.6 Å². The van der Waals surface area contributed by atoms with Gasteiger partial charge >= 0.3 is 0 Å². The molecule has 8 heteroatoms. The Morgan fingerprint density at radius 3 is 2.75 bits per heavy atom. The summed E-state index contributed by atoms with van der Waals surface area (Å²) in [7, 11) is 0. The van der Waals surface area contributed by atoms with Gasteiger partial charge in [0.2, 0.25) is 16.9 Å². The number of hydrogen-bond donors (Lipinski definition) is 1. The second-order valence-electron chi connectivity index (χ2n) is 3.87. The van der Waals surface area contributed by atoms with Gasteiger partial charge in [0.05, 0.1) is 5.75 Å². The molecule has 6 nitrogen and oxygen atoms in total. The Labute approximate surface area is 123 Å². The van der Waals surface area contributed by atoms with E-state index in [9.17, 15) is 0 Å². The van der Waals surface area contributed by atoms with Gasteiger partial charge in [0.15, 0.2) is 4.34 Å². The van der Waals surface area contributed by atoms with E-state index < -0.39 is 0 Å². The maximum Gasteiger partial charge on any atom is 0.226 e. The Kier molecular flexibility index (Phi) is 3.93. The summed E-state index contributed by atoms with van der Waals surface area (Å²) in [6.45, 7) is 1.77. The monoisotopic (exact) mass is 305 g/mol. The van der Waals surface area contributed by atoms with Crippen LogP contribution in [0.15, 0.2) is 39.1 Å². The first-order valence-electron chi connectivity index (χ1n) is 5.87. The van der Waals surface area contributed by atoms with Crippen molar-refractivity contribution in [3.63, 3.8) is 0 Å². The number of para-hydroxylation sites is 1. The highest BCUT2D eigenvalue weighted by Crippen LogP contribution is 2.29. The Balaban J connectivity index is 1.59. The average molecular weight is 305 g/mol. The first-order valence-corrected chi connectivity index (χ1v) is 7.67. The SMILES string of the molecule is Cc1nnc(CSc2nnc(Nc3ccccc3)s2)o1. The number of anilines is 2. The highest BCUT2D eigenvalue weighted by atomic mass is 32.2. The van der Waals surface area contributed by atoms with Crippen LogP contribution < -0.4 is 5.32 Å². The lowest BCUT2D eigenvalue weighted by Gasteiger charge is -1.99. The summed E-state index contributed by atoms with van der Waals surface area (Å²) in [5, 5.41) is 19.9. The summed E-state index contributed by atoms with van der Waals surface area (Å²) < 4.78 is 6.17. The van der Waals surface area contributed by atoms with Crippen molar-refractivity contribution in [1.29, 1.82) is 0 Å². The summed E-state index contributed by atoms with van der Waals surface area (Å²) in [5.41, 5.74) is 0.993. The standard InChI is InChI=1S/C12H11N5OS2/c1-8-14-15-10(18-8)7-19-12-17-16-11(20-12)13-9-5-3-2-4-6-9/h2-6H,7H2,1H3,(H,13,16). The molecule has 0 amide bonds. The zero-order valence-electron chi connectivity index (χ0n) is 10.6. The molecule has 0 bridgehead atoms. The molecule has 1 aromatic carbocycles. The molecule has 0 spiro atoms. The van der Waals surface area contributed by atoms with Crippen molar-refractivity contribution in [2.45, 2.75) is 17.0 Å². The third kappa shape index (κ3) is 3.34. The van der Waals surface area contributed by atoms with E-state index in [1.165, 1.54) is 23.1 Å². The largest absolute Gasteiger partial charge is 0.425 e. The Hall–Kier alpha value is -1.93. The molecule has 0 atom stereocenters. The highest BCUT2D eigenvalue weighted by molar-refractivity contribution is 8.00. The van der Waals surface area contributed by atoms with Crippen LogP contribution in [0.2, 0.25) is 0 Å². The van der Waals surface area contributed by atoms with Gasteiger partial charge < -0.3 is 9.73 Å². The minimum absolute atomic E-state index is 0.573. The molecular weight excluding hydrogens is 294 g/mol. The normalized spacial score (nSPS) is 10.7. The number of benzene rings is 1. The molecule has 0 radical (unpaired) electrons. The lowest BCUT2D eigenvalue weighted by Crippen LogP contribution is -1.87. The number of aromatic nitrogens is 4. The number of hydrogen-bond acceptors (Lipinski definition) is 8. The molecule has 2 aromatic heterocycles. The van der Waals surface area contributed by atoms with Crippen molar-refractivity contribution >= 4 is 33.9 Å². The second-order valence-corrected chi connectivity index (χ2v) is 6.07. The van der Waals surface area contributed by atoms with E-state index in [1.54, 1.807) is 6.92 Å². The molecule has 102 valence electrons. The minimum atomic E-state index is 0.573. The molecule has 3 rings (SSSR count). The van der Waals surface area contributed by atoms with E-state index in [0.29, 0.717) is 17.5 Å². The molecule has 1 N–H and O–H groups in total. The molecule has 0 fully saturated rings. The predicted molar refractivity (Wildman–Crippen MR) is 78.2 cm³/mol. The summed E-state index contributed by atoms with van der Waals surface area (Å²) in [6.07, 6.45) is 0. The van der Waals surface area contributed by atoms with Crippen molar-refractivity contribution in [3.05, 3.63) is 42.1 Å². The fraction of sp³-hybridized carbons (Fsp3) is 0.167. The second kappa shape index (κ2) is 6.02. The third-order valence-electron chi connectivity index (χ3n) is 2.32. The summed E-state index contributed by atoms with van der Waals surface area (Å²) in [5.74, 6) is 1.77. The van der Waals surface area contributed by atoms with Gasteiger partial charge in [-0.15, -0.1) is 20.4 Å². The van der Waals surface area contributed by atoms with Gasteiger partial charge in [0.25, 0.3) is 0 Å². The number of nitrogens with zero attached hydrogens (tertiary/aromatic N) is 4. The topological polar surface area (TPSA) is 76.7 Å². The quantitative estimate of drug-likeness (QED) is 0.725. The Bertz CT molecular complexity index is 682. The van der Waals surface area contributed by atoms with E-state index in [4.69, 9.17) is 4.42 Å². The van der Waals surface area contributed by atoms with Gasteiger partial charge in [-0.05, 0) is 12.1 Å². The van der Waals surface area contributed by atoms with Gasteiger partial charge in [-0.1, -0.05) is 41.3 Å². The molecule has 0 aliphatic heterocycles. The lowest BCUT2D eigenvalue weighted by atomic mass is 10.3. The van der Waals surface area contributed by atoms with Crippen molar-refractivity contribution in [1.82, 2.24) is 20.4 Å². The van der Waals surface area contributed by atoms with Gasteiger partial charge in [-0.25, -0.2) is 0 Å². The summed E-state index contributed by atoms with van der Waals surface area (Å²) in [4.78, 5) is 0. The van der Waals surface area contributed by atoms with Crippen LogP contribution >= 0.6 is 23.1 Å². The van der Waals surface area contributed by atoms with E-state index in [2.05, 4.69) is 25.7 Å². The third-order valence-corrected chi connectivity index (χ3v) is 4.28. The van der Waals surface area contributed by atoms with Crippen molar-refractivity contribution in [2.75, 3.05) is 5.32 Å². The van der Waals surface area contributed by atoms with Crippen LogP contribution in [0.4, 0.5) is 10.8 Å². The first-order chi connectivity index (χ1) is 9.79. The molecule has 2 heterocycles. The summed E-state index contributed by atoms with van der Waals surface area (Å²) >= 11 is 3.02. The number of aryl methyl sites for hydroxylation is 1. The van der Waals surface area contributed by atoms with Gasteiger partial charge in [-0.3, -0.25) is 0 Å². The molecule has 0 aliphatic rings. The molecule has 3 aromatic rings. The van der Waals surface area contributed by atoms with Crippen LogP contribution in [0.1, 0.15) is 11.8 Å². The molecular formula is C12H11N5OS2. The Morgan fingerprint density at radius 1 is 1.15 bits per heavy atom.